The number of hydrogen-bond donors (Lipinski definition) is 1. The van der Waals surface area contributed by atoms with Gasteiger partial charge in [-0.3, -0.25) is 9.36 Å². The zero-order valence-electron chi connectivity index (χ0n) is 12.1. The summed E-state index contributed by atoms with van der Waals surface area (Å²) in [7, 11) is 3.06. The van der Waals surface area contributed by atoms with Crippen molar-refractivity contribution in [3.63, 3.8) is 0 Å². The van der Waals surface area contributed by atoms with Gasteiger partial charge in [0, 0.05) is 12.1 Å². The van der Waals surface area contributed by atoms with Gasteiger partial charge in [-0.1, -0.05) is 0 Å². The van der Waals surface area contributed by atoms with E-state index in [0.29, 0.717) is 22.7 Å². The van der Waals surface area contributed by atoms with Gasteiger partial charge in [0.25, 0.3) is 5.56 Å². The summed E-state index contributed by atoms with van der Waals surface area (Å²) < 4.78 is 11.5. The van der Waals surface area contributed by atoms with Crippen molar-refractivity contribution in [1.82, 2.24) is 9.55 Å². The molecule has 22 heavy (non-hydrogen) atoms. The quantitative estimate of drug-likeness (QED) is 0.801. The SMILES string of the molecule is COc1ccc(-n2cnc3cc(OC)cc(O)c3c2=O)cc1. The van der Waals surface area contributed by atoms with Crippen LogP contribution in [0.5, 0.6) is 17.2 Å². The summed E-state index contributed by atoms with van der Waals surface area (Å²) in [4.78, 5) is 16.8. The van der Waals surface area contributed by atoms with Crippen LogP contribution in [-0.2, 0) is 0 Å². The monoisotopic (exact) mass is 298 g/mol. The third-order valence-electron chi connectivity index (χ3n) is 3.40. The number of hydrogen-bond acceptors (Lipinski definition) is 5. The van der Waals surface area contributed by atoms with Crippen LogP contribution in [0.2, 0.25) is 0 Å². The van der Waals surface area contributed by atoms with Crippen molar-refractivity contribution in [1.29, 1.82) is 0 Å². The second kappa shape index (κ2) is 5.40. The van der Waals surface area contributed by atoms with E-state index in [2.05, 4.69) is 4.98 Å². The minimum atomic E-state index is -0.352. The molecule has 0 aliphatic carbocycles. The smallest absolute Gasteiger partial charge is 0.269 e. The molecule has 0 saturated heterocycles. The maximum Gasteiger partial charge on any atom is 0.269 e. The highest BCUT2D eigenvalue weighted by molar-refractivity contribution is 5.85. The minimum Gasteiger partial charge on any atom is -0.507 e. The first-order valence-electron chi connectivity index (χ1n) is 6.57. The molecule has 0 aliphatic rings. The van der Waals surface area contributed by atoms with Crippen molar-refractivity contribution in [2.24, 2.45) is 0 Å². The van der Waals surface area contributed by atoms with Crippen LogP contribution < -0.4 is 15.0 Å². The first kappa shape index (κ1) is 13.9. The summed E-state index contributed by atoms with van der Waals surface area (Å²) in [6.45, 7) is 0. The summed E-state index contributed by atoms with van der Waals surface area (Å²) in [5.74, 6) is 0.979. The van der Waals surface area contributed by atoms with Gasteiger partial charge in [0.05, 0.1) is 25.4 Å². The number of aromatic hydroxyl groups is 1. The first-order valence-corrected chi connectivity index (χ1v) is 6.57. The Morgan fingerprint density at radius 3 is 2.36 bits per heavy atom. The van der Waals surface area contributed by atoms with Crippen molar-refractivity contribution < 1.29 is 14.6 Å². The Hall–Kier alpha value is -3.02. The minimum absolute atomic E-state index is 0.152. The Morgan fingerprint density at radius 2 is 1.73 bits per heavy atom. The van der Waals surface area contributed by atoms with Crippen LogP contribution in [0.1, 0.15) is 0 Å². The van der Waals surface area contributed by atoms with E-state index in [1.165, 1.54) is 24.1 Å². The Morgan fingerprint density at radius 1 is 1.05 bits per heavy atom. The van der Waals surface area contributed by atoms with E-state index >= 15 is 0 Å². The number of nitrogens with zero attached hydrogens (tertiary/aromatic N) is 2. The molecule has 3 aromatic rings. The maximum atomic E-state index is 12.6. The van der Waals surface area contributed by atoms with Crippen LogP contribution in [0.25, 0.3) is 16.6 Å². The molecule has 1 N–H and O–H groups in total. The van der Waals surface area contributed by atoms with Gasteiger partial charge >= 0.3 is 0 Å². The van der Waals surface area contributed by atoms with Crippen LogP contribution in [0.3, 0.4) is 0 Å². The zero-order valence-corrected chi connectivity index (χ0v) is 12.1. The van der Waals surface area contributed by atoms with E-state index in [0.717, 1.165) is 0 Å². The second-order valence-corrected chi connectivity index (χ2v) is 4.66. The van der Waals surface area contributed by atoms with Crippen LogP contribution in [0.15, 0.2) is 47.5 Å². The van der Waals surface area contributed by atoms with Gasteiger partial charge in [-0.25, -0.2) is 4.98 Å². The fraction of sp³-hybridized carbons (Fsp3) is 0.125. The fourth-order valence-electron chi connectivity index (χ4n) is 2.25. The molecule has 3 rings (SSSR count). The second-order valence-electron chi connectivity index (χ2n) is 4.66. The number of phenols is 1. The molecular formula is C16H14N2O4. The molecule has 0 aliphatic heterocycles. The molecule has 0 unspecified atom stereocenters. The summed E-state index contributed by atoms with van der Waals surface area (Å²) in [5.41, 5.74) is 0.664. The summed E-state index contributed by atoms with van der Waals surface area (Å²) in [6.07, 6.45) is 1.42. The third kappa shape index (κ3) is 2.24. The molecule has 0 amide bonds. The Balaban J connectivity index is 2.21. The average Bonchev–Trinajstić information content (AvgIpc) is 2.55. The van der Waals surface area contributed by atoms with E-state index < -0.39 is 0 Å². The number of aromatic nitrogens is 2. The molecule has 0 spiro atoms. The van der Waals surface area contributed by atoms with Crippen molar-refractivity contribution in [2.75, 3.05) is 14.2 Å². The van der Waals surface area contributed by atoms with Gasteiger partial charge in [0.15, 0.2) is 0 Å². The van der Waals surface area contributed by atoms with Gasteiger partial charge in [-0.15, -0.1) is 0 Å². The van der Waals surface area contributed by atoms with Crippen molar-refractivity contribution in [3.05, 3.63) is 53.1 Å². The number of ether oxygens (including phenoxy) is 2. The van der Waals surface area contributed by atoms with Crippen LogP contribution in [0, 0.1) is 0 Å². The lowest BCUT2D eigenvalue weighted by Crippen LogP contribution is -2.18. The van der Waals surface area contributed by atoms with E-state index in [1.54, 1.807) is 37.4 Å². The highest BCUT2D eigenvalue weighted by atomic mass is 16.5. The molecule has 1 aromatic heterocycles. The number of rotatable bonds is 3. The molecule has 0 saturated carbocycles. The Labute approximate surface area is 126 Å². The molecular weight excluding hydrogens is 284 g/mol. The molecule has 1 heterocycles. The summed E-state index contributed by atoms with van der Waals surface area (Å²) in [5, 5.41) is 10.2. The normalized spacial score (nSPS) is 10.6. The predicted molar refractivity (Wildman–Crippen MR) is 82.1 cm³/mol. The lowest BCUT2D eigenvalue weighted by atomic mass is 10.2. The first-order chi connectivity index (χ1) is 10.6. The molecule has 0 atom stereocenters. The highest BCUT2D eigenvalue weighted by Gasteiger charge is 2.12. The third-order valence-corrected chi connectivity index (χ3v) is 3.40. The molecule has 0 fully saturated rings. The molecule has 112 valence electrons. The summed E-state index contributed by atoms with van der Waals surface area (Å²) in [6, 6.07) is 9.99. The van der Waals surface area contributed by atoms with Crippen LogP contribution in [-0.4, -0.2) is 28.9 Å². The van der Waals surface area contributed by atoms with Crippen molar-refractivity contribution >= 4 is 10.9 Å². The number of fused-ring (bicyclic) bond motifs is 1. The maximum absolute atomic E-state index is 12.6. The fourth-order valence-corrected chi connectivity index (χ4v) is 2.25. The van der Waals surface area contributed by atoms with Gasteiger partial charge < -0.3 is 14.6 Å². The van der Waals surface area contributed by atoms with E-state index in [-0.39, 0.29) is 16.7 Å². The van der Waals surface area contributed by atoms with Gasteiger partial charge in [-0.05, 0) is 24.3 Å². The van der Waals surface area contributed by atoms with Crippen molar-refractivity contribution in [3.8, 4) is 22.9 Å². The molecule has 0 bridgehead atoms. The molecule has 2 aromatic carbocycles. The molecule has 6 nitrogen and oxygen atoms in total. The Bertz CT molecular complexity index is 885. The van der Waals surface area contributed by atoms with E-state index in [9.17, 15) is 9.90 Å². The molecule has 0 radical (unpaired) electrons. The highest BCUT2D eigenvalue weighted by Crippen LogP contribution is 2.26. The van der Waals surface area contributed by atoms with E-state index in [1.807, 2.05) is 0 Å². The number of methoxy groups -OCH3 is 2. The topological polar surface area (TPSA) is 73.6 Å². The van der Waals surface area contributed by atoms with Gasteiger partial charge in [0.2, 0.25) is 0 Å². The van der Waals surface area contributed by atoms with Crippen LogP contribution >= 0.6 is 0 Å². The lowest BCUT2D eigenvalue weighted by Gasteiger charge is -2.09. The summed E-state index contributed by atoms with van der Waals surface area (Å²) >= 11 is 0. The largest absolute Gasteiger partial charge is 0.507 e. The van der Waals surface area contributed by atoms with Crippen LogP contribution in [0.4, 0.5) is 0 Å². The molecule has 6 heteroatoms. The van der Waals surface area contributed by atoms with Gasteiger partial charge in [-0.2, -0.15) is 0 Å². The Kier molecular flexibility index (Phi) is 3.42. The van der Waals surface area contributed by atoms with Gasteiger partial charge in [0.1, 0.15) is 29.0 Å². The lowest BCUT2D eigenvalue weighted by molar-refractivity contribution is 0.409. The van der Waals surface area contributed by atoms with Crippen molar-refractivity contribution in [2.45, 2.75) is 0 Å². The average molecular weight is 298 g/mol. The number of phenolic OH excluding ortho intramolecular Hbond substituents is 1. The number of benzene rings is 2. The zero-order chi connectivity index (χ0) is 15.7. The standard InChI is InChI=1S/C16H14N2O4/c1-21-11-5-3-10(4-6-11)18-9-17-13-7-12(22-2)8-14(19)15(13)16(18)20/h3-9,19H,1-2H3. The predicted octanol–water partition coefficient (Wildman–Crippen LogP) is 2.11. The van der Waals surface area contributed by atoms with E-state index in [4.69, 9.17) is 9.47 Å².